The van der Waals surface area contributed by atoms with Crippen molar-refractivity contribution in [2.24, 2.45) is 5.92 Å². The maximum atomic E-state index is 5.41. The van der Waals surface area contributed by atoms with Crippen LogP contribution in [-0.2, 0) is 11.2 Å². The lowest BCUT2D eigenvalue weighted by molar-refractivity contribution is 0.185. The van der Waals surface area contributed by atoms with E-state index >= 15 is 0 Å². The van der Waals surface area contributed by atoms with Gasteiger partial charge in [-0.05, 0) is 25.2 Å². The van der Waals surface area contributed by atoms with Crippen molar-refractivity contribution in [3.63, 3.8) is 0 Å². The second-order valence-electron chi connectivity index (χ2n) is 5.21. The zero-order valence-electron chi connectivity index (χ0n) is 11.6. The summed E-state index contributed by atoms with van der Waals surface area (Å²) < 4.78 is 5.41. The molecule has 2 heterocycles. The molecule has 1 saturated heterocycles. The summed E-state index contributed by atoms with van der Waals surface area (Å²) in [6.45, 7) is 9.05. The molecule has 18 heavy (non-hydrogen) atoms. The van der Waals surface area contributed by atoms with E-state index in [1.54, 1.807) is 0 Å². The maximum Gasteiger partial charge on any atom is 0.131 e. The third-order valence-corrected chi connectivity index (χ3v) is 3.24. The van der Waals surface area contributed by atoms with E-state index in [-0.39, 0.29) is 0 Å². The minimum atomic E-state index is 0.434. The second kappa shape index (κ2) is 6.14. The van der Waals surface area contributed by atoms with Crippen molar-refractivity contribution in [3.8, 4) is 0 Å². The Bertz CT molecular complexity index is 387. The summed E-state index contributed by atoms with van der Waals surface area (Å²) in [5.41, 5.74) is 1.12. The topological polar surface area (TPSA) is 47.0 Å². The van der Waals surface area contributed by atoms with Gasteiger partial charge in [0.05, 0.1) is 0 Å². The fraction of sp³-hybridized carbons (Fsp3) is 0.714. The molecule has 1 aromatic rings. The van der Waals surface area contributed by atoms with Gasteiger partial charge in [-0.3, -0.25) is 0 Å². The van der Waals surface area contributed by atoms with Crippen LogP contribution in [0.4, 0.5) is 5.82 Å². The molecule has 1 aliphatic rings. The summed E-state index contributed by atoms with van der Waals surface area (Å²) in [6.07, 6.45) is 2.06. The first kappa shape index (κ1) is 13.3. The van der Waals surface area contributed by atoms with Crippen molar-refractivity contribution in [3.05, 3.63) is 17.6 Å². The number of nitrogens with one attached hydrogen (secondary N) is 1. The molecule has 0 radical (unpaired) electrons. The Morgan fingerprint density at radius 2 is 2.28 bits per heavy atom. The summed E-state index contributed by atoms with van der Waals surface area (Å²) in [7, 11) is 0. The second-order valence-corrected chi connectivity index (χ2v) is 5.21. The predicted octanol–water partition coefficient (Wildman–Crippen LogP) is 2.61. The van der Waals surface area contributed by atoms with Crippen LogP contribution in [0.5, 0.6) is 0 Å². The van der Waals surface area contributed by atoms with Crippen LogP contribution < -0.4 is 5.32 Å². The Morgan fingerprint density at radius 1 is 1.44 bits per heavy atom. The van der Waals surface area contributed by atoms with Gasteiger partial charge in [0.1, 0.15) is 11.6 Å². The fourth-order valence-electron chi connectivity index (χ4n) is 2.18. The van der Waals surface area contributed by atoms with Crippen LogP contribution >= 0.6 is 0 Å². The van der Waals surface area contributed by atoms with E-state index in [1.165, 1.54) is 0 Å². The zero-order valence-corrected chi connectivity index (χ0v) is 11.6. The third kappa shape index (κ3) is 3.42. The largest absolute Gasteiger partial charge is 0.381 e. The predicted molar refractivity (Wildman–Crippen MR) is 72.9 cm³/mol. The number of hydrogen-bond acceptors (Lipinski definition) is 4. The van der Waals surface area contributed by atoms with Gasteiger partial charge in [-0.25, -0.2) is 9.97 Å². The summed E-state index contributed by atoms with van der Waals surface area (Å²) in [5.74, 6) is 2.92. The molecule has 1 aliphatic heterocycles. The highest BCUT2D eigenvalue weighted by molar-refractivity contribution is 5.36. The highest BCUT2D eigenvalue weighted by Gasteiger charge is 2.18. The van der Waals surface area contributed by atoms with Crippen molar-refractivity contribution < 1.29 is 4.74 Å². The lowest BCUT2D eigenvalue weighted by atomic mass is 10.0. The molecule has 100 valence electrons. The first-order valence-corrected chi connectivity index (χ1v) is 6.88. The molecule has 4 nitrogen and oxygen atoms in total. The van der Waals surface area contributed by atoms with Gasteiger partial charge in [-0.15, -0.1) is 0 Å². The van der Waals surface area contributed by atoms with Crippen molar-refractivity contribution in [2.45, 2.75) is 39.5 Å². The molecule has 1 unspecified atom stereocenters. The van der Waals surface area contributed by atoms with Gasteiger partial charge in [0.15, 0.2) is 0 Å². The van der Waals surface area contributed by atoms with Crippen molar-refractivity contribution >= 4 is 5.82 Å². The number of aromatic nitrogens is 2. The number of rotatable bonds is 5. The number of ether oxygens (including phenoxy) is 1. The Balaban J connectivity index is 2.16. The molecule has 4 heteroatoms. The lowest BCUT2D eigenvalue weighted by Gasteiger charge is -2.12. The highest BCUT2D eigenvalue weighted by Crippen LogP contribution is 2.20. The molecule has 0 saturated carbocycles. The van der Waals surface area contributed by atoms with Gasteiger partial charge in [0, 0.05) is 37.9 Å². The van der Waals surface area contributed by atoms with E-state index in [1.807, 2.05) is 0 Å². The van der Waals surface area contributed by atoms with Crippen LogP contribution in [0.25, 0.3) is 0 Å². The lowest BCUT2D eigenvalue weighted by Crippen LogP contribution is -2.11. The summed E-state index contributed by atoms with van der Waals surface area (Å²) in [6, 6.07) is 2.06. The van der Waals surface area contributed by atoms with Gasteiger partial charge < -0.3 is 10.1 Å². The SMILES string of the molecule is CCNc1cc(C(C)C)nc(CC2CCOC2)n1. The maximum absolute atomic E-state index is 5.41. The van der Waals surface area contributed by atoms with Gasteiger partial charge in [-0.1, -0.05) is 13.8 Å². The molecule has 0 bridgehead atoms. The molecule has 1 atom stereocenters. The molecule has 0 aliphatic carbocycles. The zero-order chi connectivity index (χ0) is 13.0. The Labute approximate surface area is 109 Å². The van der Waals surface area contributed by atoms with Crippen LogP contribution in [0.1, 0.15) is 44.6 Å². The van der Waals surface area contributed by atoms with Gasteiger partial charge in [0.25, 0.3) is 0 Å². The normalized spacial score (nSPS) is 19.4. The standard InChI is InChI=1S/C14H23N3O/c1-4-15-13-8-12(10(2)3)16-14(17-13)7-11-5-6-18-9-11/h8,10-11H,4-7,9H2,1-3H3,(H,15,16,17). The van der Waals surface area contributed by atoms with Crippen LogP contribution in [-0.4, -0.2) is 29.7 Å². The van der Waals surface area contributed by atoms with Crippen molar-refractivity contribution in [1.82, 2.24) is 9.97 Å². The monoisotopic (exact) mass is 249 g/mol. The fourth-order valence-corrected chi connectivity index (χ4v) is 2.18. The van der Waals surface area contributed by atoms with Gasteiger partial charge >= 0.3 is 0 Å². The molecule has 2 rings (SSSR count). The van der Waals surface area contributed by atoms with Crippen LogP contribution in [0.15, 0.2) is 6.07 Å². The first-order chi connectivity index (χ1) is 8.69. The molecular weight excluding hydrogens is 226 g/mol. The molecule has 1 aromatic heterocycles. The molecule has 0 spiro atoms. The van der Waals surface area contributed by atoms with Crippen LogP contribution in [0.2, 0.25) is 0 Å². The van der Waals surface area contributed by atoms with E-state index in [0.717, 1.165) is 49.9 Å². The Hall–Kier alpha value is -1.16. The summed E-state index contributed by atoms with van der Waals surface area (Å²) >= 11 is 0. The molecular formula is C14H23N3O. The molecule has 0 aromatic carbocycles. The van der Waals surface area contributed by atoms with E-state index < -0.39 is 0 Å². The summed E-state index contributed by atoms with van der Waals surface area (Å²) in [4.78, 5) is 9.26. The smallest absolute Gasteiger partial charge is 0.131 e. The number of anilines is 1. The quantitative estimate of drug-likeness (QED) is 0.871. The van der Waals surface area contributed by atoms with Gasteiger partial charge in [0.2, 0.25) is 0 Å². The summed E-state index contributed by atoms with van der Waals surface area (Å²) in [5, 5.41) is 3.29. The van der Waals surface area contributed by atoms with E-state index in [4.69, 9.17) is 4.74 Å². The van der Waals surface area contributed by atoms with Crippen molar-refractivity contribution in [2.75, 3.05) is 25.1 Å². The highest BCUT2D eigenvalue weighted by atomic mass is 16.5. The van der Waals surface area contributed by atoms with E-state index in [0.29, 0.717) is 11.8 Å². The minimum Gasteiger partial charge on any atom is -0.381 e. The molecule has 1 N–H and O–H groups in total. The van der Waals surface area contributed by atoms with E-state index in [2.05, 4.69) is 42.1 Å². The van der Waals surface area contributed by atoms with Gasteiger partial charge in [-0.2, -0.15) is 0 Å². The molecule has 1 fully saturated rings. The average Bonchev–Trinajstić information content (AvgIpc) is 2.82. The van der Waals surface area contributed by atoms with Crippen molar-refractivity contribution in [1.29, 1.82) is 0 Å². The Kier molecular flexibility index (Phi) is 4.53. The minimum absolute atomic E-state index is 0.434. The Morgan fingerprint density at radius 3 is 2.89 bits per heavy atom. The van der Waals surface area contributed by atoms with Crippen LogP contribution in [0, 0.1) is 5.92 Å². The third-order valence-electron chi connectivity index (χ3n) is 3.24. The number of nitrogens with zero attached hydrogens (tertiary/aromatic N) is 2. The van der Waals surface area contributed by atoms with E-state index in [9.17, 15) is 0 Å². The molecule has 0 amide bonds. The number of hydrogen-bond donors (Lipinski definition) is 1. The average molecular weight is 249 g/mol. The van der Waals surface area contributed by atoms with Crippen LogP contribution in [0.3, 0.4) is 0 Å². The first-order valence-electron chi connectivity index (χ1n) is 6.88.